The van der Waals surface area contributed by atoms with Gasteiger partial charge < -0.3 is 10.2 Å². The molecule has 0 atom stereocenters. The summed E-state index contributed by atoms with van der Waals surface area (Å²) >= 11 is 1.70. The molecule has 1 aliphatic rings. The lowest BCUT2D eigenvalue weighted by Gasteiger charge is -2.37. The maximum atomic E-state index is 11.7. The van der Waals surface area contributed by atoms with Gasteiger partial charge in [-0.25, -0.2) is 0 Å². The van der Waals surface area contributed by atoms with Crippen LogP contribution in [0.15, 0.2) is 17.5 Å². The summed E-state index contributed by atoms with van der Waals surface area (Å²) in [5.74, 6) is 0.105. The van der Waals surface area contributed by atoms with Crippen LogP contribution in [-0.2, 0) is 16.0 Å². The molecule has 0 aromatic carbocycles. The van der Waals surface area contributed by atoms with Gasteiger partial charge in [-0.2, -0.15) is 0 Å². The van der Waals surface area contributed by atoms with Gasteiger partial charge in [0.2, 0.25) is 11.8 Å². The van der Waals surface area contributed by atoms with Gasteiger partial charge in [0.15, 0.2) is 0 Å². The first-order chi connectivity index (χ1) is 8.16. The van der Waals surface area contributed by atoms with Crippen molar-refractivity contribution in [3.05, 3.63) is 22.4 Å². The molecule has 0 radical (unpaired) electrons. The quantitative estimate of drug-likeness (QED) is 0.865. The fourth-order valence-corrected chi connectivity index (χ4v) is 2.52. The molecule has 0 saturated carbocycles. The lowest BCUT2D eigenvalue weighted by Crippen LogP contribution is -2.55. The summed E-state index contributed by atoms with van der Waals surface area (Å²) in [4.78, 5) is 25.6. The Kier molecular flexibility index (Phi) is 3.78. The number of carbonyl (C=O) groups excluding carboxylic acids is 2. The van der Waals surface area contributed by atoms with E-state index in [9.17, 15) is 9.59 Å². The minimum atomic E-state index is -0.0118. The average molecular weight is 252 g/mol. The topological polar surface area (TPSA) is 49.4 Å². The molecular weight excluding hydrogens is 236 g/mol. The zero-order chi connectivity index (χ0) is 12.3. The zero-order valence-corrected chi connectivity index (χ0v) is 10.6. The maximum Gasteiger partial charge on any atom is 0.226 e. The smallest absolute Gasteiger partial charge is 0.226 e. The van der Waals surface area contributed by atoms with Crippen molar-refractivity contribution in [1.82, 2.24) is 10.2 Å². The first kappa shape index (κ1) is 12.1. The highest BCUT2D eigenvalue weighted by Crippen LogP contribution is 2.15. The Bertz CT molecular complexity index is 397. The molecule has 1 aromatic heterocycles. The molecule has 1 saturated heterocycles. The van der Waals surface area contributed by atoms with Crippen molar-refractivity contribution >= 4 is 23.2 Å². The Labute approximate surface area is 105 Å². The highest BCUT2D eigenvalue weighted by Gasteiger charge is 2.33. The third-order valence-electron chi connectivity index (χ3n) is 2.95. The number of nitrogens with one attached hydrogen (secondary N) is 1. The van der Waals surface area contributed by atoms with E-state index < -0.39 is 0 Å². The number of hydrogen-bond acceptors (Lipinski definition) is 3. The van der Waals surface area contributed by atoms with Crippen LogP contribution in [0.5, 0.6) is 0 Å². The summed E-state index contributed by atoms with van der Waals surface area (Å²) in [6.07, 6.45) is 0.881. The van der Waals surface area contributed by atoms with E-state index in [0.717, 1.165) is 6.42 Å². The highest BCUT2D eigenvalue weighted by atomic mass is 32.1. The molecule has 92 valence electrons. The van der Waals surface area contributed by atoms with E-state index in [1.54, 1.807) is 16.2 Å². The standard InChI is InChI=1S/C12H16N2O2S/c1-9(15)14-7-10(8-14)12(16)13-5-4-11-3-2-6-17-11/h2-3,6,10H,4-5,7-8H2,1H3,(H,13,16). The number of thiophene rings is 1. The average Bonchev–Trinajstić information content (AvgIpc) is 2.67. The summed E-state index contributed by atoms with van der Waals surface area (Å²) in [6.45, 7) is 3.35. The van der Waals surface area contributed by atoms with Gasteiger partial charge in [-0.15, -0.1) is 11.3 Å². The Morgan fingerprint density at radius 3 is 2.88 bits per heavy atom. The molecule has 1 aromatic rings. The lowest BCUT2D eigenvalue weighted by atomic mass is 9.99. The first-order valence-corrected chi connectivity index (χ1v) is 6.60. The fourth-order valence-electron chi connectivity index (χ4n) is 1.81. The Morgan fingerprint density at radius 1 is 1.53 bits per heavy atom. The Balaban J connectivity index is 1.64. The van der Waals surface area contributed by atoms with Gasteiger partial charge in [-0.1, -0.05) is 6.07 Å². The van der Waals surface area contributed by atoms with Crippen LogP contribution in [-0.4, -0.2) is 36.3 Å². The molecule has 1 N–H and O–H groups in total. The van der Waals surface area contributed by atoms with Crippen LogP contribution in [0.3, 0.4) is 0 Å². The van der Waals surface area contributed by atoms with Crippen LogP contribution < -0.4 is 5.32 Å². The molecule has 2 rings (SSSR count). The van der Waals surface area contributed by atoms with E-state index in [4.69, 9.17) is 0 Å². The molecule has 17 heavy (non-hydrogen) atoms. The molecule has 5 heteroatoms. The molecule has 4 nitrogen and oxygen atoms in total. The summed E-state index contributed by atoms with van der Waals surface area (Å²) in [5.41, 5.74) is 0. The third kappa shape index (κ3) is 3.06. The van der Waals surface area contributed by atoms with Gasteiger partial charge in [-0.05, 0) is 17.9 Å². The van der Waals surface area contributed by atoms with E-state index in [2.05, 4.69) is 11.4 Å². The second kappa shape index (κ2) is 5.31. The van der Waals surface area contributed by atoms with Crippen LogP contribution in [0.2, 0.25) is 0 Å². The third-order valence-corrected chi connectivity index (χ3v) is 3.88. The van der Waals surface area contributed by atoms with Crippen LogP contribution in [0.1, 0.15) is 11.8 Å². The van der Waals surface area contributed by atoms with Crippen LogP contribution in [0.4, 0.5) is 0 Å². The van der Waals surface area contributed by atoms with Crippen molar-refractivity contribution in [3.8, 4) is 0 Å². The number of rotatable bonds is 4. The van der Waals surface area contributed by atoms with E-state index in [-0.39, 0.29) is 17.7 Å². The second-order valence-electron chi connectivity index (χ2n) is 4.24. The number of amides is 2. The van der Waals surface area contributed by atoms with Gasteiger partial charge in [0.25, 0.3) is 0 Å². The van der Waals surface area contributed by atoms with Gasteiger partial charge in [0.05, 0.1) is 5.92 Å². The molecule has 2 amide bonds. The van der Waals surface area contributed by atoms with Gasteiger partial charge in [0, 0.05) is 31.4 Å². The van der Waals surface area contributed by atoms with Crippen molar-refractivity contribution in [2.45, 2.75) is 13.3 Å². The fraction of sp³-hybridized carbons (Fsp3) is 0.500. The lowest BCUT2D eigenvalue weighted by molar-refractivity contribution is -0.141. The molecule has 1 fully saturated rings. The summed E-state index contributed by atoms with van der Waals surface area (Å²) in [6, 6.07) is 4.08. The molecule has 0 bridgehead atoms. The van der Waals surface area contributed by atoms with Crippen molar-refractivity contribution in [1.29, 1.82) is 0 Å². The SMILES string of the molecule is CC(=O)N1CC(C(=O)NCCc2cccs2)C1. The molecule has 0 aliphatic carbocycles. The predicted octanol–water partition coefficient (Wildman–Crippen LogP) is 0.885. The summed E-state index contributed by atoms with van der Waals surface area (Å²) in [7, 11) is 0. The number of likely N-dealkylation sites (tertiary alicyclic amines) is 1. The second-order valence-corrected chi connectivity index (χ2v) is 5.27. The maximum absolute atomic E-state index is 11.7. The molecule has 0 spiro atoms. The monoisotopic (exact) mass is 252 g/mol. The van der Waals surface area contributed by atoms with E-state index >= 15 is 0 Å². The number of hydrogen-bond donors (Lipinski definition) is 1. The normalized spacial score (nSPS) is 15.5. The minimum Gasteiger partial charge on any atom is -0.355 e. The van der Waals surface area contributed by atoms with Crippen molar-refractivity contribution < 1.29 is 9.59 Å². The van der Waals surface area contributed by atoms with Gasteiger partial charge >= 0.3 is 0 Å². The van der Waals surface area contributed by atoms with E-state index in [1.807, 2.05) is 11.4 Å². The Morgan fingerprint density at radius 2 is 2.29 bits per heavy atom. The van der Waals surface area contributed by atoms with Gasteiger partial charge in [-0.3, -0.25) is 9.59 Å². The molecule has 1 aliphatic heterocycles. The van der Waals surface area contributed by atoms with Crippen LogP contribution >= 0.6 is 11.3 Å². The van der Waals surface area contributed by atoms with E-state index in [0.29, 0.717) is 19.6 Å². The van der Waals surface area contributed by atoms with Crippen molar-refractivity contribution in [2.75, 3.05) is 19.6 Å². The van der Waals surface area contributed by atoms with Crippen LogP contribution in [0, 0.1) is 5.92 Å². The highest BCUT2D eigenvalue weighted by molar-refractivity contribution is 7.09. The van der Waals surface area contributed by atoms with E-state index in [1.165, 1.54) is 11.8 Å². The zero-order valence-electron chi connectivity index (χ0n) is 9.81. The van der Waals surface area contributed by atoms with Crippen molar-refractivity contribution in [2.24, 2.45) is 5.92 Å². The first-order valence-electron chi connectivity index (χ1n) is 5.72. The molecule has 2 heterocycles. The van der Waals surface area contributed by atoms with Gasteiger partial charge in [0.1, 0.15) is 0 Å². The van der Waals surface area contributed by atoms with Crippen LogP contribution in [0.25, 0.3) is 0 Å². The predicted molar refractivity (Wildman–Crippen MR) is 66.8 cm³/mol. The molecular formula is C12H16N2O2S. The largest absolute Gasteiger partial charge is 0.355 e. The summed E-state index contributed by atoms with van der Waals surface area (Å²) in [5, 5.41) is 4.95. The Hall–Kier alpha value is -1.36. The van der Waals surface area contributed by atoms with Crippen molar-refractivity contribution in [3.63, 3.8) is 0 Å². The minimum absolute atomic E-state index is 0.0118. The number of carbonyl (C=O) groups is 2. The molecule has 0 unspecified atom stereocenters. The summed E-state index contributed by atoms with van der Waals surface area (Å²) < 4.78 is 0. The number of nitrogens with zero attached hydrogens (tertiary/aromatic N) is 1.